The zero-order chi connectivity index (χ0) is 13.9. The lowest BCUT2D eigenvalue weighted by molar-refractivity contribution is -0.139. The van der Waals surface area contributed by atoms with Crippen molar-refractivity contribution in [3.05, 3.63) is 20.3 Å². The summed E-state index contributed by atoms with van der Waals surface area (Å²) in [7, 11) is 0. The summed E-state index contributed by atoms with van der Waals surface area (Å²) in [5, 5.41) is 11.6. The van der Waals surface area contributed by atoms with Crippen LogP contribution in [0.1, 0.15) is 35.5 Å². The number of hydrogen-bond acceptors (Lipinski definition) is 3. The molecule has 0 aliphatic heterocycles. The van der Waals surface area contributed by atoms with Gasteiger partial charge in [0.1, 0.15) is 6.04 Å². The minimum Gasteiger partial charge on any atom is -0.480 e. The van der Waals surface area contributed by atoms with E-state index in [-0.39, 0.29) is 11.8 Å². The Kier molecular flexibility index (Phi) is 5.34. The molecule has 1 aromatic heterocycles. The van der Waals surface area contributed by atoms with Crippen molar-refractivity contribution in [3.8, 4) is 0 Å². The minimum atomic E-state index is -1.000. The predicted molar refractivity (Wildman–Crippen MR) is 75.1 cm³/mol. The Hall–Kier alpha value is -0.880. The molecule has 1 amide bonds. The molecule has 100 valence electrons. The molecule has 18 heavy (non-hydrogen) atoms. The fourth-order valence-corrected chi connectivity index (χ4v) is 3.35. The molecule has 0 radical (unpaired) electrons. The van der Waals surface area contributed by atoms with Crippen LogP contribution in [0.5, 0.6) is 0 Å². The lowest BCUT2D eigenvalue weighted by Gasteiger charge is -2.16. The maximum absolute atomic E-state index is 12.0. The third-order valence-corrected chi connectivity index (χ3v) is 4.12. The number of aryl methyl sites for hydroxylation is 1. The third-order valence-electron chi connectivity index (χ3n) is 2.37. The SMILES string of the molecule is Cc1cc(C(=O)NC(CC(C)C)C(=O)O)c(Br)s1. The van der Waals surface area contributed by atoms with Crippen LogP contribution in [-0.2, 0) is 4.79 Å². The molecule has 0 spiro atoms. The molecule has 0 saturated carbocycles. The number of halogens is 1. The molecule has 1 atom stereocenters. The van der Waals surface area contributed by atoms with Gasteiger partial charge < -0.3 is 10.4 Å². The number of rotatable bonds is 5. The van der Waals surface area contributed by atoms with Crippen LogP contribution in [0.3, 0.4) is 0 Å². The minimum absolute atomic E-state index is 0.207. The van der Waals surface area contributed by atoms with Crippen molar-refractivity contribution >= 4 is 39.1 Å². The normalized spacial score (nSPS) is 12.5. The summed E-state index contributed by atoms with van der Waals surface area (Å²) in [6.45, 7) is 5.74. The number of hydrogen-bond donors (Lipinski definition) is 2. The highest BCUT2D eigenvalue weighted by atomic mass is 79.9. The zero-order valence-electron chi connectivity index (χ0n) is 10.5. The Morgan fingerprint density at radius 1 is 1.50 bits per heavy atom. The molecule has 0 aromatic carbocycles. The Morgan fingerprint density at radius 2 is 2.11 bits per heavy atom. The van der Waals surface area contributed by atoms with E-state index in [2.05, 4.69) is 21.2 Å². The molecule has 0 saturated heterocycles. The molecule has 6 heteroatoms. The van der Waals surface area contributed by atoms with Gasteiger partial charge in [-0.15, -0.1) is 11.3 Å². The molecule has 1 aromatic rings. The van der Waals surface area contributed by atoms with Crippen LogP contribution < -0.4 is 5.32 Å². The molecule has 1 rings (SSSR count). The number of thiophene rings is 1. The van der Waals surface area contributed by atoms with Crippen LogP contribution in [0.15, 0.2) is 9.85 Å². The van der Waals surface area contributed by atoms with Gasteiger partial charge in [-0.2, -0.15) is 0 Å². The van der Waals surface area contributed by atoms with E-state index in [0.29, 0.717) is 12.0 Å². The van der Waals surface area contributed by atoms with E-state index in [1.807, 2.05) is 20.8 Å². The van der Waals surface area contributed by atoms with Gasteiger partial charge >= 0.3 is 5.97 Å². The van der Waals surface area contributed by atoms with Gasteiger partial charge in [-0.05, 0) is 41.3 Å². The molecule has 1 heterocycles. The van der Waals surface area contributed by atoms with Crippen molar-refractivity contribution in [2.75, 3.05) is 0 Å². The van der Waals surface area contributed by atoms with E-state index >= 15 is 0 Å². The molecule has 2 N–H and O–H groups in total. The molecule has 0 fully saturated rings. The van der Waals surface area contributed by atoms with Gasteiger partial charge in [-0.3, -0.25) is 4.79 Å². The van der Waals surface area contributed by atoms with Crippen LogP contribution in [-0.4, -0.2) is 23.0 Å². The van der Waals surface area contributed by atoms with E-state index in [9.17, 15) is 9.59 Å². The summed E-state index contributed by atoms with van der Waals surface area (Å²) in [5.74, 6) is -1.14. The zero-order valence-corrected chi connectivity index (χ0v) is 12.9. The van der Waals surface area contributed by atoms with Gasteiger partial charge in [0.15, 0.2) is 0 Å². The number of amides is 1. The average Bonchev–Trinajstić information content (AvgIpc) is 2.56. The molecule has 1 unspecified atom stereocenters. The van der Waals surface area contributed by atoms with Gasteiger partial charge in [0.25, 0.3) is 5.91 Å². The van der Waals surface area contributed by atoms with E-state index in [1.165, 1.54) is 11.3 Å². The Balaban J connectivity index is 2.78. The smallest absolute Gasteiger partial charge is 0.326 e. The number of carboxylic acids is 1. The second kappa shape index (κ2) is 6.33. The van der Waals surface area contributed by atoms with Crippen molar-refractivity contribution in [1.29, 1.82) is 0 Å². The second-order valence-corrected chi connectivity index (χ2v) is 7.11. The van der Waals surface area contributed by atoms with Crippen LogP contribution in [0.25, 0.3) is 0 Å². The summed E-state index contributed by atoms with van der Waals surface area (Å²) in [6.07, 6.45) is 0.418. The number of carboxylic acid groups (broad SMARTS) is 1. The maximum atomic E-state index is 12.0. The van der Waals surface area contributed by atoms with E-state index in [1.54, 1.807) is 6.07 Å². The van der Waals surface area contributed by atoms with Gasteiger partial charge in [0.2, 0.25) is 0 Å². The summed E-state index contributed by atoms with van der Waals surface area (Å²) in [6, 6.07) is 0.905. The van der Waals surface area contributed by atoms with Crippen LogP contribution >= 0.6 is 27.3 Å². The maximum Gasteiger partial charge on any atom is 0.326 e. The second-order valence-electron chi connectivity index (χ2n) is 4.54. The van der Waals surface area contributed by atoms with Gasteiger partial charge in [0, 0.05) is 4.88 Å². The lowest BCUT2D eigenvalue weighted by atomic mass is 10.0. The first-order valence-corrected chi connectivity index (χ1v) is 7.21. The monoisotopic (exact) mass is 333 g/mol. The summed E-state index contributed by atoms with van der Waals surface area (Å²) in [5.41, 5.74) is 0.493. The van der Waals surface area contributed by atoms with Gasteiger partial charge in [-0.25, -0.2) is 4.79 Å². The van der Waals surface area contributed by atoms with E-state index < -0.39 is 12.0 Å². The summed E-state index contributed by atoms with van der Waals surface area (Å²) >= 11 is 4.76. The van der Waals surface area contributed by atoms with E-state index in [4.69, 9.17) is 5.11 Å². The van der Waals surface area contributed by atoms with Crippen LogP contribution in [0.4, 0.5) is 0 Å². The van der Waals surface area contributed by atoms with Gasteiger partial charge in [0.05, 0.1) is 9.35 Å². The largest absolute Gasteiger partial charge is 0.480 e. The highest BCUT2D eigenvalue weighted by Gasteiger charge is 2.23. The number of nitrogens with one attached hydrogen (secondary N) is 1. The number of aliphatic carboxylic acids is 1. The quantitative estimate of drug-likeness (QED) is 0.870. The van der Waals surface area contributed by atoms with Gasteiger partial charge in [-0.1, -0.05) is 13.8 Å². The van der Waals surface area contributed by atoms with E-state index in [0.717, 1.165) is 8.66 Å². The van der Waals surface area contributed by atoms with Crippen molar-refractivity contribution in [3.63, 3.8) is 0 Å². The topological polar surface area (TPSA) is 66.4 Å². The Labute approximate surface area is 119 Å². The molecule has 0 bridgehead atoms. The highest BCUT2D eigenvalue weighted by molar-refractivity contribution is 9.11. The predicted octanol–water partition coefficient (Wildman–Crippen LogP) is 3.05. The molecular weight excluding hydrogens is 318 g/mol. The lowest BCUT2D eigenvalue weighted by Crippen LogP contribution is -2.41. The first-order valence-electron chi connectivity index (χ1n) is 5.60. The molecule has 4 nitrogen and oxygen atoms in total. The van der Waals surface area contributed by atoms with Crippen LogP contribution in [0, 0.1) is 12.8 Å². The average molecular weight is 334 g/mol. The van der Waals surface area contributed by atoms with Crippen molar-refractivity contribution < 1.29 is 14.7 Å². The third kappa shape index (κ3) is 4.10. The first-order chi connectivity index (χ1) is 8.31. The Morgan fingerprint density at radius 3 is 2.50 bits per heavy atom. The fourth-order valence-electron chi connectivity index (χ4n) is 1.57. The standard InChI is InChI=1S/C12H16BrNO3S/c1-6(2)4-9(12(16)17)14-11(15)8-5-7(3)18-10(8)13/h5-6,9H,4H2,1-3H3,(H,14,15)(H,16,17). The van der Waals surface area contributed by atoms with Crippen molar-refractivity contribution in [2.24, 2.45) is 5.92 Å². The molecule has 0 aliphatic rings. The number of carbonyl (C=O) groups is 2. The summed E-state index contributed by atoms with van der Waals surface area (Å²) < 4.78 is 0.728. The van der Waals surface area contributed by atoms with Crippen molar-refractivity contribution in [2.45, 2.75) is 33.2 Å². The number of carbonyl (C=O) groups excluding carboxylic acids is 1. The first kappa shape index (κ1) is 15.2. The highest BCUT2D eigenvalue weighted by Crippen LogP contribution is 2.27. The Bertz CT molecular complexity index is 456. The summed E-state index contributed by atoms with van der Waals surface area (Å²) in [4.78, 5) is 24.0. The molecular formula is C12H16BrNO3S. The van der Waals surface area contributed by atoms with Crippen molar-refractivity contribution in [1.82, 2.24) is 5.32 Å². The fraction of sp³-hybridized carbons (Fsp3) is 0.500. The van der Waals surface area contributed by atoms with Crippen LogP contribution in [0.2, 0.25) is 0 Å². The molecule has 0 aliphatic carbocycles.